The number of carbonyl (C=O) groups is 1. The number of amides is 1. The molecule has 0 aliphatic rings. The number of pyridine rings is 2. The third kappa shape index (κ3) is 3.91. The van der Waals surface area contributed by atoms with E-state index in [4.69, 9.17) is 4.74 Å². The van der Waals surface area contributed by atoms with Gasteiger partial charge >= 0.3 is 0 Å². The van der Waals surface area contributed by atoms with Crippen LogP contribution >= 0.6 is 0 Å². The first-order valence-corrected chi connectivity index (χ1v) is 7.16. The van der Waals surface area contributed by atoms with Crippen LogP contribution in [-0.4, -0.2) is 15.9 Å². The van der Waals surface area contributed by atoms with Crippen molar-refractivity contribution in [3.8, 4) is 5.88 Å². The van der Waals surface area contributed by atoms with Crippen LogP contribution in [-0.2, 0) is 6.61 Å². The van der Waals surface area contributed by atoms with E-state index in [0.717, 1.165) is 5.56 Å². The standard InChI is InChI=1S/C18H15N3O2/c22-17(21-15-8-4-10-19-12-15)16-9-5-11-20-18(16)23-13-14-6-2-1-3-7-14/h1-12H,13H2,(H,21,22). The molecule has 0 spiro atoms. The number of anilines is 1. The van der Waals surface area contributed by atoms with Crippen LogP contribution in [0.25, 0.3) is 0 Å². The molecule has 0 aliphatic heterocycles. The Balaban J connectivity index is 1.73. The molecule has 0 atom stereocenters. The molecule has 0 radical (unpaired) electrons. The Labute approximate surface area is 134 Å². The van der Waals surface area contributed by atoms with Gasteiger partial charge in [-0.2, -0.15) is 0 Å². The minimum absolute atomic E-state index is 0.283. The number of carbonyl (C=O) groups excluding carboxylic acids is 1. The van der Waals surface area contributed by atoms with E-state index in [1.807, 2.05) is 30.3 Å². The van der Waals surface area contributed by atoms with Crippen molar-refractivity contribution in [3.05, 3.63) is 84.3 Å². The summed E-state index contributed by atoms with van der Waals surface area (Å²) in [5, 5.41) is 2.78. The summed E-state index contributed by atoms with van der Waals surface area (Å²) in [6.07, 6.45) is 4.83. The van der Waals surface area contributed by atoms with Crippen LogP contribution in [0.15, 0.2) is 73.2 Å². The first kappa shape index (κ1) is 14.7. The van der Waals surface area contributed by atoms with Crippen molar-refractivity contribution in [1.29, 1.82) is 0 Å². The SMILES string of the molecule is O=C(Nc1cccnc1)c1cccnc1OCc1ccccc1. The molecule has 0 saturated carbocycles. The average molecular weight is 305 g/mol. The molecule has 2 aromatic heterocycles. The largest absolute Gasteiger partial charge is 0.472 e. The molecule has 23 heavy (non-hydrogen) atoms. The first-order chi connectivity index (χ1) is 11.3. The molecule has 2 heterocycles. The van der Waals surface area contributed by atoms with E-state index >= 15 is 0 Å². The molecule has 114 valence electrons. The van der Waals surface area contributed by atoms with Crippen LogP contribution < -0.4 is 10.1 Å². The Hall–Kier alpha value is -3.21. The Bertz CT molecular complexity index is 777. The molecule has 1 amide bonds. The van der Waals surface area contributed by atoms with Crippen molar-refractivity contribution in [2.24, 2.45) is 0 Å². The highest BCUT2D eigenvalue weighted by Gasteiger charge is 2.14. The van der Waals surface area contributed by atoms with E-state index in [-0.39, 0.29) is 5.91 Å². The lowest BCUT2D eigenvalue weighted by atomic mass is 10.2. The van der Waals surface area contributed by atoms with Gasteiger partial charge in [-0.3, -0.25) is 9.78 Å². The predicted octanol–water partition coefficient (Wildman–Crippen LogP) is 3.31. The Morgan fingerprint density at radius 3 is 2.61 bits per heavy atom. The number of nitrogens with zero attached hydrogens (tertiary/aromatic N) is 2. The summed E-state index contributed by atoms with van der Waals surface area (Å²) in [4.78, 5) is 20.5. The van der Waals surface area contributed by atoms with E-state index in [2.05, 4.69) is 15.3 Å². The molecule has 0 aliphatic carbocycles. The summed E-state index contributed by atoms with van der Waals surface area (Å²) < 4.78 is 5.69. The summed E-state index contributed by atoms with van der Waals surface area (Å²) in [5.74, 6) is 0.0203. The quantitative estimate of drug-likeness (QED) is 0.785. The lowest BCUT2D eigenvalue weighted by Crippen LogP contribution is -2.14. The van der Waals surface area contributed by atoms with Crippen LogP contribution in [0.3, 0.4) is 0 Å². The molecule has 1 aromatic carbocycles. The lowest BCUT2D eigenvalue weighted by molar-refractivity contribution is 0.102. The lowest BCUT2D eigenvalue weighted by Gasteiger charge is -2.10. The molecule has 0 bridgehead atoms. The second-order valence-corrected chi connectivity index (χ2v) is 4.83. The monoisotopic (exact) mass is 305 g/mol. The maximum Gasteiger partial charge on any atom is 0.261 e. The van der Waals surface area contributed by atoms with Gasteiger partial charge in [-0.15, -0.1) is 0 Å². The number of nitrogens with one attached hydrogen (secondary N) is 1. The summed E-state index contributed by atoms with van der Waals surface area (Å²) in [6, 6.07) is 16.6. The molecule has 0 saturated heterocycles. The Kier molecular flexibility index (Phi) is 4.59. The van der Waals surface area contributed by atoms with E-state index < -0.39 is 0 Å². The molecule has 3 aromatic rings. The maximum absolute atomic E-state index is 12.4. The van der Waals surface area contributed by atoms with Gasteiger partial charge in [-0.1, -0.05) is 30.3 Å². The van der Waals surface area contributed by atoms with Gasteiger partial charge in [0.25, 0.3) is 5.91 Å². The summed E-state index contributed by atoms with van der Waals surface area (Å²) in [6.45, 7) is 0.352. The third-order valence-corrected chi connectivity index (χ3v) is 3.15. The minimum atomic E-state index is -0.283. The van der Waals surface area contributed by atoms with E-state index in [1.54, 1.807) is 42.9 Å². The highest BCUT2D eigenvalue weighted by molar-refractivity contribution is 6.05. The summed E-state index contributed by atoms with van der Waals surface area (Å²) in [5.41, 5.74) is 2.01. The highest BCUT2D eigenvalue weighted by Crippen LogP contribution is 2.18. The van der Waals surface area contributed by atoms with E-state index in [9.17, 15) is 4.79 Å². The smallest absolute Gasteiger partial charge is 0.261 e. The van der Waals surface area contributed by atoms with Gasteiger partial charge < -0.3 is 10.1 Å². The van der Waals surface area contributed by atoms with Crippen molar-refractivity contribution >= 4 is 11.6 Å². The van der Waals surface area contributed by atoms with Gasteiger partial charge in [0, 0.05) is 12.4 Å². The fourth-order valence-corrected chi connectivity index (χ4v) is 2.04. The van der Waals surface area contributed by atoms with Gasteiger partial charge in [0.15, 0.2) is 0 Å². The van der Waals surface area contributed by atoms with Gasteiger partial charge in [0.2, 0.25) is 5.88 Å². The van der Waals surface area contributed by atoms with Gasteiger partial charge in [0.05, 0.1) is 11.9 Å². The van der Waals surface area contributed by atoms with Gasteiger partial charge in [0.1, 0.15) is 12.2 Å². The topological polar surface area (TPSA) is 64.1 Å². The number of benzene rings is 1. The van der Waals surface area contributed by atoms with Crippen LogP contribution in [0.4, 0.5) is 5.69 Å². The van der Waals surface area contributed by atoms with Crippen LogP contribution in [0.5, 0.6) is 5.88 Å². The zero-order valence-corrected chi connectivity index (χ0v) is 12.3. The normalized spacial score (nSPS) is 10.1. The van der Waals surface area contributed by atoms with Crippen molar-refractivity contribution in [2.75, 3.05) is 5.32 Å². The van der Waals surface area contributed by atoms with Crippen LogP contribution in [0.1, 0.15) is 15.9 Å². The van der Waals surface area contributed by atoms with Crippen molar-refractivity contribution in [3.63, 3.8) is 0 Å². The molecule has 1 N–H and O–H groups in total. The highest BCUT2D eigenvalue weighted by atomic mass is 16.5. The fraction of sp³-hybridized carbons (Fsp3) is 0.0556. The van der Waals surface area contributed by atoms with Crippen molar-refractivity contribution in [1.82, 2.24) is 9.97 Å². The second-order valence-electron chi connectivity index (χ2n) is 4.83. The number of hydrogen-bond acceptors (Lipinski definition) is 4. The van der Waals surface area contributed by atoms with E-state index in [0.29, 0.717) is 23.7 Å². The molecule has 5 heteroatoms. The zero-order chi connectivity index (χ0) is 15.9. The Morgan fingerprint density at radius 2 is 1.83 bits per heavy atom. The number of ether oxygens (including phenoxy) is 1. The van der Waals surface area contributed by atoms with Crippen LogP contribution in [0.2, 0.25) is 0 Å². The molecular formula is C18H15N3O2. The van der Waals surface area contributed by atoms with E-state index in [1.165, 1.54) is 0 Å². The molecule has 0 fully saturated rings. The third-order valence-electron chi connectivity index (χ3n) is 3.15. The summed E-state index contributed by atoms with van der Waals surface area (Å²) in [7, 11) is 0. The fourth-order valence-electron chi connectivity index (χ4n) is 2.04. The Morgan fingerprint density at radius 1 is 1.00 bits per heavy atom. The molecular weight excluding hydrogens is 290 g/mol. The molecule has 3 rings (SSSR count). The van der Waals surface area contributed by atoms with Crippen molar-refractivity contribution < 1.29 is 9.53 Å². The second kappa shape index (κ2) is 7.17. The van der Waals surface area contributed by atoms with Crippen LogP contribution in [0, 0.1) is 0 Å². The first-order valence-electron chi connectivity index (χ1n) is 7.16. The predicted molar refractivity (Wildman–Crippen MR) is 87.2 cm³/mol. The number of aromatic nitrogens is 2. The maximum atomic E-state index is 12.4. The summed E-state index contributed by atoms with van der Waals surface area (Å²) >= 11 is 0. The van der Waals surface area contributed by atoms with Gasteiger partial charge in [-0.25, -0.2) is 4.98 Å². The average Bonchev–Trinajstić information content (AvgIpc) is 2.62. The van der Waals surface area contributed by atoms with Crippen molar-refractivity contribution in [2.45, 2.75) is 6.61 Å². The molecule has 0 unspecified atom stereocenters. The van der Waals surface area contributed by atoms with Gasteiger partial charge in [-0.05, 0) is 29.8 Å². The number of hydrogen-bond donors (Lipinski definition) is 1. The molecule has 5 nitrogen and oxygen atoms in total. The number of rotatable bonds is 5. The zero-order valence-electron chi connectivity index (χ0n) is 12.3. The minimum Gasteiger partial charge on any atom is -0.472 e.